The SMILES string of the molecule is CC(C)(CO)NCC(=O)N1CCCC1Cc1nnc(-c2ccccc2)o1. The number of aromatic nitrogens is 2. The van der Waals surface area contributed by atoms with Gasteiger partial charge in [-0.25, -0.2) is 0 Å². The second-order valence-corrected chi connectivity index (χ2v) is 7.35. The predicted molar refractivity (Wildman–Crippen MR) is 97.3 cm³/mol. The number of likely N-dealkylation sites (tertiary alicyclic amines) is 1. The first-order valence-electron chi connectivity index (χ1n) is 9.02. The summed E-state index contributed by atoms with van der Waals surface area (Å²) in [7, 11) is 0. The molecule has 26 heavy (non-hydrogen) atoms. The van der Waals surface area contributed by atoms with Crippen LogP contribution in [0.15, 0.2) is 34.7 Å². The van der Waals surface area contributed by atoms with Gasteiger partial charge < -0.3 is 19.7 Å². The van der Waals surface area contributed by atoms with Crippen LogP contribution in [0.4, 0.5) is 0 Å². The zero-order valence-corrected chi connectivity index (χ0v) is 15.3. The highest BCUT2D eigenvalue weighted by Gasteiger charge is 2.31. The van der Waals surface area contributed by atoms with Gasteiger partial charge in [0.05, 0.1) is 13.2 Å². The fourth-order valence-corrected chi connectivity index (χ4v) is 3.08. The van der Waals surface area contributed by atoms with Gasteiger partial charge in [-0.3, -0.25) is 4.79 Å². The van der Waals surface area contributed by atoms with Gasteiger partial charge in [-0.1, -0.05) is 18.2 Å². The molecule has 1 aromatic heterocycles. The Kier molecular flexibility index (Phi) is 5.68. The number of carbonyl (C=O) groups is 1. The largest absolute Gasteiger partial charge is 0.421 e. The van der Waals surface area contributed by atoms with Crippen LogP contribution in [0.25, 0.3) is 11.5 Å². The molecule has 1 aliphatic heterocycles. The third-order valence-corrected chi connectivity index (χ3v) is 4.71. The van der Waals surface area contributed by atoms with Crippen LogP contribution in [0.5, 0.6) is 0 Å². The number of hydrogen-bond donors (Lipinski definition) is 2. The van der Waals surface area contributed by atoms with Crippen molar-refractivity contribution in [3.05, 3.63) is 36.2 Å². The Morgan fingerprint density at radius 3 is 2.85 bits per heavy atom. The van der Waals surface area contributed by atoms with Crippen molar-refractivity contribution in [2.45, 2.75) is 44.7 Å². The van der Waals surface area contributed by atoms with Gasteiger partial charge in [0.1, 0.15) is 0 Å². The third-order valence-electron chi connectivity index (χ3n) is 4.71. The standard InChI is InChI=1S/C19H26N4O3/c1-19(2,13-24)20-12-17(25)23-10-6-9-15(23)11-16-21-22-18(26-16)14-7-4-3-5-8-14/h3-5,7-8,15,20,24H,6,9-13H2,1-2H3. The minimum atomic E-state index is -0.470. The molecular formula is C19H26N4O3. The average molecular weight is 358 g/mol. The minimum absolute atomic E-state index is 0.0199. The van der Waals surface area contributed by atoms with Crippen molar-refractivity contribution in [2.75, 3.05) is 19.7 Å². The van der Waals surface area contributed by atoms with Crippen LogP contribution < -0.4 is 5.32 Å². The second-order valence-electron chi connectivity index (χ2n) is 7.35. The summed E-state index contributed by atoms with van der Waals surface area (Å²) in [5, 5.41) is 20.7. The van der Waals surface area contributed by atoms with E-state index < -0.39 is 5.54 Å². The van der Waals surface area contributed by atoms with Crippen molar-refractivity contribution in [1.82, 2.24) is 20.4 Å². The summed E-state index contributed by atoms with van der Waals surface area (Å²) < 4.78 is 5.78. The number of carbonyl (C=O) groups excluding carboxylic acids is 1. The number of amides is 1. The zero-order valence-electron chi connectivity index (χ0n) is 15.3. The number of hydrogen-bond acceptors (Lipinski definition) is 6. The van der Waals surface area contributed by atoms with E-state index in [0.717, 1.165) is 24.9 Å². The molecule has 1 saturated heterocycles. The third kappa shape index (κ3) is 4.47. The summed E-state index contributed by atoms with van der Waals surface area (Å²) in [6.45, 7) is 4.66. The van der Waals surface area contributed by atoms with Crippen molar-refractivity contribution in [3.63, 3.8) is 0 Å². The first-order valence-corrected chi connectivity index (χ1v) is 9.02. The van der Waals surface area contributed by atoms with E-state index in [4.69, 9.17) is 4.42 Å². The molecule has 2 heterocycles. The van der Waals surface area contributed by atoms with E-state index in [9.17, 15) is 9.90 Å². The first kappa shape index (κ1) is 18.5. The van der Waals surface area contributed by atoms with Crippen LogP contribution >= 0.6 is 0 Å². The maximum Gasteiger partial charge on any atom is 0.247 e. The lowest BCUT2D eigenvalue weighted by Gasteiger charge is -2.28. The molecule has 1 aliphatic rings. The fraction of sp³-hybridized carbons (Fsp3) is 0.526. The molecule has 0 radical (unpaired) electrons. The van der Waals surface area contributed by atoms with E-state index >= 15 is 0 Å². The van der Waals surface area contributed by atoms with Crippen molar-refractivity contribution < 1.29 is 14.3 Å². The number of aliphatic hydroxyl groups excluding tert-OH is 1. The Labute approximate surface area is 153 Å². The van der Waals surface area contributed by atoms with Gasteiger partial charge in [-0.15, -0.1) is 10.2 Å². The molecule has 1 fully saturated rings. The van der Waals surface area contributed by atoms with Crippen LogP contribution in [0, 0.1) is 0 Å². The van der Waals surface area contributed by atoms with Crippen LogP contribution in [0.1, 0.15) is 32.6 Å². The van der Waals surface area contributed by atoms with Gasteiger partial charge >= 0.3 is 0 Å². The molecule has 0 bridgehead atoms. The van der Waals surface area contributed by atoms with E-state index in [0.29, 0.717) is 18.2 Å². The summed E-state index contributed by atoms with van der Waals surface area (Å²) in [5.74, 6) is 1.09. The van der Waals surface area contributed by atoms with Gasteiger partial charge in [0.15, 0.2) is 0 Å². The highest BCUT2D eigenvalue weighted by molar-refractivity contribution is 5.79. The van der Waals surface area contributed by atoms with Gasteiger partial charge in [0.2, 0.25) is 17.7 Å². The summed E-state index contributed by atoms with van der Waals surface area (Å²) in [4.78, 5) is 14.4. The normalized spacial score (nSPS) is 17.7. The molecule has 0 aliphatic carbocycles. The zero-order chi connectivity index (χ0) is 18.6. The summed E-state index contributed by atoms with van der Waals surface area (Å²) in [6.07, 6.45) is 2.46. The average Bonchev–Trinajstić information content (AvgIpc) is 3.31. The summed E-state index contributed by atoms with van der Waals surface area (Å²) >= 11 is 0. The number of rotatable bonds is 7. The van der Waals surface area contributed by atoms with E-state index in [1.807, 2.05) is 49.1 Å². The highest BCUT2D eigenvalue weighted by Crippen LogP contribution is 2.23. The lowest BCUT2D eigenvalue weighted by molar-refractivity contribution is -0.131. The molecule has 0 saturated carbocycles. The summed E-state index contributed by atoms with van der Waals surface area (Å²) in [5.41, 5.74) is 0.420. The van der Waals surface area contributed by atoms with Gasteiger partial charge in [0.25, 0.3) is 0 Å². The Balaban J connectivity index is 1.60. The van der Waals surface area contributed by atoms with Crippen molar-refractivity contribution >= 4 is 5.91 Å². The second kappa shape index (κ2) is 7.97. The van der Waals surface area contributed by atoms with Crippen molar-refractivity contribution in [3.8, 4) is 11.5 Å². The molecule has 7 heteroatoms. The maximum absolute atomic E-state index is 12.6. The molecule has 1 aromatic carbocycles. The van der Waals surface area contributed by atoms with Crippen LogP contribution in [-0.4, -0.2) is 57.4 Å². The van der Waals surface area contributed by atoms with Gasteiger partial charge in [0, 0.05) is 30.1 Å². The van der Waals surface area contributed by atoms with E-state index in [2.05, 4.69) is 15.5 Å². The molecule has 1 amide bonds. The molecule has 2 aromatic rings. The molecule has 1 unspecified atom stereocenters. The quantitative estimate of drug-likeness (QED) is 0.782. The lowest BCUT2D eigenvalue weighted by atomic mass is 10.1. The van der Waals surface area contributed by atoms with Crippen molar-refractivity contribution in [2.24, 2.45) is 0 Å². The first-order chi connectivity index (χ1) is 12.5. The Hall–Kier alpha value is -2.25. The van der Waals surface area contributed by atoms with Crippen LogP contribution in [0.2, 0.25) is 0 Å². The Bertz CT molecular complexity index is 729. The Morgan fingerprint density at radius 1 is 1.35 bits per heavy atom. The number of aliphatic hydroxyl groups is 1. The highest BCUT2D eigenvalue weighted by atomic mass is 16.4. The fourth-order valence-electron chi connectivity index (χ4n) is 3.08. The molecular weight excluding hydrogens is 332 g/mol. The molecule has 1 atom stereocenters. The lowest BCUT2D eigenvalue weighted by Crippen LogP contribution is -2.49. The molecule has 0 spiro atoms. The monoisotopic (exact) mass is 358 g/mol. The topological polar surface area (TPSA) is 91.5 Å². The number of nitrogens with zero attached hydrogens (tertiary/aromatic N) is 3. The van der Waals surface area contributed by atoms with Crippen LogP contribution in [-0.2, 0) is 11.2 Å². The minimum Gasteiger partial charge on any atom is -0.421 e. The van der Waals surface area contributed by atoms with Crippen molar-refractivity contribution in [1.29, 1.82) is 0 Å². The van der Waals surface area contributed by atoms with Gasteiger partial charge in [-0.05, 0) is 38.8 Å². The predicted octanol–water partition coefficient (Wildman–Crippen LogP) is 1.63. The molecule has 3 rings (SSSR count). The smallest absolute Gasteiger partial charge is 0.247 e. The van der Waals surface area contributed by atoms with E-state index in [-0.39, 0.29) is 25.1 Å². The van der Waals surface area contributed by atoms with E-state index in [1.165, 1.54) is 0 Å². The molecule has 7 nitrogen and oxygen atoms in total. The number of nitrogens with one attached hydrogen (secondary N) is 1. The van der Waals surface area contributed by atoms with E-state index in [1.54, 1.807) is 0 Å². The molecule has 140 valence electrons. The number of benzene rings is 1. The summed E-state index contributed by atoms with van der Waals surface area (Å²) in [6, 6.07) is 9.73. The maximum atomic E-state index is 12.6. The van der Waals surface area contributed by atoms with Gasteiger partial charge in [-0.2, -0.15) is 0 Å². The molecule has 2 N–H and O–H groups in total. The Morgan fingerprint density at radius 2 is 2.12 bits per heavy atom. The van der Waals surface area contributed by atoms with Crippen LogP contribution in [0.3, 0.4) is 0 Å².